The second kappa shape index (κ2) is 5.70. The molecular weight excluding hydrogens is 282 g/mol. The SMILES string of the molecule is CC1(CCc2ccccc2)C[C@@H](N)c2cc(Cl)ccc2O1. The van der Waals surface area contributed by atoms with Crippen LogP contribution < -0.4 is 10.5 Å². The molecule has 0 fully saturated rings. The number of benzene rings is 2. The van der Waals surface area contributed by atoms with E-state index in [0.717, 1.165) is 30.6 Å². The van der Waals surface area contributed by atoms with E-state index in [1.165, 1.54) is 5.56 Å². The zero-order valence-electron chi connectivity index (χ0n) is 12.2. The molecule has 3 rings (SSSR count). The van der Waals surface area contributed by atoms with Crippen molar-refractivity contribution in [3.05, 3.63) is 64.7 Å². The maximum Gasteiger partial charge on any atom is 0.125 e. The quantitative estimate of drug-likeness (QED) is 0.905. The van der Waals surface area contributed by atoms with Crippen LogP contribution in [0.15, 0.2) is 48.5 Å². The van der Waals surface area contributed by atoms with Gasteiger partial charge in [-0.1, -0.05) is 41.9 Å². The Hall–Kier alpha value is -1.51. The van der Waals surface area contributed by atoms with Gasteiger partial charge in [-0.2, -0.15) is 0 Å². The molecule has 0 radical (unpaired) electrons. The lowest BCUT2D eigenvalue weighted by Gasteiger charge is -2.39. The molecule has 1 unspecified atom stereocenters. The molecule has 0 aliphatic carbocycles. The zero-order chi connectivity index (χ0) is 14.9. The van der Waals surface area contributed by atoms with Gasteiger partial charge in [0.05, 0.1) is 0 Å². The molecule has 1 aliphatic rings. The van der Waals surface area contributed by atoms with Crippen molar-refractivity contribution >= 4 is 11.6 Å². The van der Waals surface area contributed by atoms with E-state index in [1.54, 1.807) is 0 Å². The van der Waals surface area contributed by atoms with Crippen LogP contribution >= 0.6 is 11.6 Å². The van der Waals surface area contributed by atoms with E-state index in [9.17, 15) is 0 Å². The highest BCUT2D eigenvalue weighted by Gasteiger charge is 2.35. The Bertz CT molecular complexity index is 628. The normalized spacial score (nSPS) is 24.2. The van der Waals surface area contributed by atoms with Gasteiger partial charge in [0, 0.05) is 23.0 Å². The van der Waals surface area contributed by atoms with E-state index in [0.29, 0.717) is 5.02 Å². The number of nitrogens with two attached hydrogens (primary N) is 1. The molecule has 0 bridgehead atoms. The topological polar surface area (TPSA) is 35.2 Å². The molecule has 0 aromatic heterocycles. The van der Waals surface area contributed by atoms with Crippen molar-refractivity contribution in [1.29, 1.82) is 0 Å². The van der Waals surface area contributed by atoms with Crippen LogP contribution in [0.2, 0.25) is 5.02 Å². The lowest BCUT2D eigenvalue weighted by molar-refractivity contribution is 0.0458. The first-order valence-corrected chi connectivity index (χ1v) is 7.71. The number of hydrogen-bond donors (Lipinski definition) is 1. The van der Waals surface area contributed by atoms with Gasteiger partial charge in [0.2, 0.25) is 0 Å². The first-order valence-electron chi connectivity index (χ1n) is 7.34. The molecule has 1 aliphatic heterocycles. The van der Waals surface area contributed by atoms with Crippen LogP contribution in [0.5, 0.6) is 5.75 Å². The minimum Gasteiger partial charge on any atom is -0.487 e. The molecule has 110 valence electrons. The van der Waals surface area contributed by atoms with Crippen molar-refractivity contribution in [3.63, 3.8) is 0 Å². The van der Waals surface area contributed by atoms with E-state index < -0.39 is 0 Å². The van der Waals surface area contributed by atoms with E-state index in [-0.39, 0.29) is 11.6 Å². The van der Waals surface area contributed by atoms with E-state index in [4.69, 9.17) is 22.1 Å². The average Bonchev–Trinajstić information content (AvgIpc) is 2.47. The van der Waals surface area contributed by atoms with Gasteiger partial charge in [0.1, 0.15) is 11.4 Å². The monoisotopic (exact) mass is 301 g/mol. The summed E-state index contributed by atoms with van der Waals surface area (Å²) in [4.78, 5) is 0. The lowest BCUT2D eigenvalue weighted by Crippen LogP contribution is -2.40. The fourth-order valence-corrected chi connectivity index (χ4v) is 3.17. The van der Waals surface area contributed by atoms with Crippen molar-refractivity contribution in [1.82, 2.24) is 0 Å². The molecule has 2 aromatic carbocycles. The molecular formula is C18H20ClNO. The first kappa shape index (κ1) is 14.4. The van der Waals surface area contributed by atoms with Crippen LogP contribution in [0.1, 0.15) is 36.9 Å². The number of halogens is 1. The fraction of sp³-hybridized carbons (Fsp3) is 0.333. The molecule has 2 atom stereocenters. The standard InChI is InChI=1S/C18H20ClNO/c1-18(10-9-13-5-3-2-4-6-13)12-16(20)15-11-14(19)7-8-17(15)21-18/h2-8,11,16H,9-10,12,20H2,1H3/t16-,18?/m1/s1. The predicted octanol–water partition coefficient (Wildman–Crippen LogP) is 4.51. The fourth-order valence-electron chi connectivity index (χ4n) is 2.99. The van der Waals surface area contributed by atoms with Crippen molar-refractivity contribution < 1.29 is 4.74 Å². The third kappa shape index (κ3) is 3.22. The Morgan fingerprint density at radius 1 is 1.24 bits per heavy atom. The molecule has 0 amide bonds. The minimum absolute atomic E-state index is 0.0202. The van der Waals surface area contributed by atoms with Crippen LogP contribution in [-0.4, -0.2) is 5.60 Å². The second-order valence-corrected chi connectivity index (χ2v) is 6.47. The molecule has 2 aromatic rings. The van der Waals surface area contributed by atoms with E-state index in [1.807, 2.05) is 24.3 Å². The molecule has 0 saturated heterocycles. The Balaban J connectivity index is 1.76. The van der Waals surface area contributed by atoms with E-state index in [2.05, 4.69) is 31.2 Å². The highest BCUT2D eigenvalue weighted by Crippen LogP contribution is 2.41. The molecule has 21 heavy (non-hydrogen) atoms. The molecule has 3 heteroatoms. The molecule has 2 N–H and O–H groups in total. The predicted molar refractivity (Wildman–Crippen MR) is 86.8 cm³/mol. The summed E-state index contributed by atoms with van der Waals surface area (Å²) in [5, 5.41) is 0.709. The summed E-state index contributed by atoms with van der Waals surface area (Å²) < 4.78 is 6.23. The van der Waals surface area contributed by atoms with Crippen LogP contribution in [0.3, 0.4) is 0 Å². The van der Waals surface area contributed by atoms with Crippen molar-refractivity contribution in [2.75, 3.05) is 0 Å². The third-order valence-electron chi connectivity index (χ3n) is 4.16. The van der Waals surface area contributed by atoms with Gasteiger partial charge in [0.15, 0.2) is 0 Å². The van der Waals surface area contributed by atoms with Crippen LogP contribution in [0.4, 0.5) is 0 Å². The average molecular weight is 302 g/mol. The van der Waals surface area contributed by atoms with Crippen LogP contribution in [0.25, 0.3) is 0 Å². The largest absolute Gasteiger partial charge is 0.487 e. The molecule has 2 nitrogen and oxygen atoms in total. The van der Waals surface area contributed by atoms with Crippen molar-refractivity contribution in [2.45, 2.75) is 37.8 Å². The lowest BCUT2D eigenvalue weighted by atomic mass is 9.85. The van der Waals surface area contributed by atoms with E-state index >= 15 is 0 Å². The second-order valence-electron chi connectivity index (χ2n) is 6.03. The zero-order valence-corrected chi connectivity index (χ0v) is 12.9. The summed E-state index contributed by atoms with van der Waals surface area (Å²) >= 11 is 6.04. The number of rotatable bonds is 3. The highest BCUT2D eigenvalue weighted by molar-refractivity contribution is 6.30. The minimum atomic E-state index is -0.226. The summed E-state index contributed by atoms with van der Waals surface area (Å²) in [7, 11) is 0. The summed E-state index contributed by atoms with van der Waals surface area (Å²) in [6, 6.07) is 16.2. The van der Waals surface area contributed by atoms with Gasteiger partial charge in [-0.15, -0.1) is 0 Å². The van der Waals surface area contributed by atoms with Gasteiger partial charge in [0.25, 0.3) is 0 Å². The maximum absolute atomic E-state index is 6.32. The Morgan fingerprint density at radius 2 is 2.00 bits per heavy atom. The number of fused-ring (bicyclic) bond motifs is 1. The van der Waals surface area contributed by atoms with Gasteiger partial charge in [-0.05, 0) is 43.5 Å². The molecule has 0 saturated carbocycles. The summed E-state index contributed by atoms with van der Waals surface area (Å²) in [6.45, 7) is 2.15. The number of ether oxygens (including phenoxy) is 1. The van der Waals surface area contributed by atoms with Gasteiger partial charge in [-0.25, -0.2) is 0 Å². The summed E-state index contributed by atoms with van der Waals surface area (Å²) in [5.41, 5.74) is 8.44. The number of aryl methyl sites for hydroxylation is 1. The highest BCUT2D eigenvalue weighted by atomic mass is 35.5. The van der Waals surface area contributed by atoms with Crippen LogP contribution in [-0.2, 0) is 6.42 Å². The first-order chi connectivity index (χ1) is 10.1. The summed E-state index contributed by atoms with van der Waals surface area (Å²) in [5.74, 6) is 0.869. The Morgan fingerprint density at radius 3 is 2.76 bits per heavy atom. The van der Waals surface area contributed by atoms with Crippen molar-refractivity contribution in [3.8, 4) is 5.75 Å². The molecule has 0 spiro atoms. The third-order valence-corrected chi connectivity index (χ3v) is 4.40. The maximum atomic E-state index is 6.32. The Labute approximate surface area is 130 Å². The summed E-state index contributed by atoms with van der Waals surface area (Å²) in [6.07, 6.45) is 2.76. The van der Waals surface area contributed by atoms with Gasteiger partial charge >= 0.3 is 0 Å². The smallest absolute Gasteiger partial charge is 0.125 e. The van der Waals surface area contributed by atoms with Crippen molar-refractivity contribution in [2.24, 2.45) is 5.73 Å². The number of hydrogen-bond acceptors (Lipinski definition) is 2. The van der Waals surface area contributed by atoms with Gasteiger partial charge < -0.3 is 10.5 Å². The Kier molecular flexibility index (Phi) is 3.92. The molecule has 1 heterocycles. The van der Waals surface area contributed by atoms with Crippen LogP contribution in [0, 0.1) is 0 Å². The van der Waals surface area contributed by atoms with Gasteiger partial charge in [-0.3, -0.25) is 0 Å².